The summed E-state index contributed by atoms with van der Waals surface area (Å²) in [4.78, 5) is 13.7. The molecule has 208 valence electrons. The van der Waals surface area contributed by atoms with Gasteiger partial charge in [0.25, 0.3) is 0 Å². The molecule has 0 saturated carbocycles. The smallest absolute Gasteiger partial charge is 0.246 e. The van der Waals surface area contributed by atoms with Gasteiger partial charge in [-0.2, -0.15) is 0 Å². The summed E-state index contributed by atoms with van der Waals surface area (Å²) < 4.78 is 23.9. The number of anilines is 1. The number of aromatic nitrogens is 3. The number of carbonyl (C=O) groups is 1. The third kappa shape index (κ3) is 6.15. The second kappa shape index (κ2) is 11.7. The Morgan fingerprint density at radius 3 is 2.59 bits per heavy atom. The SMILES string of the molecule is C[C@H]1[C@H]([Si](C)(C)F)[C@@H](CCn2cc(C(CO)c3ccccc3)nn2)O[C@H]1CCc1cccc(N2CCC2=O)c1. The van der Waals surface area contributed by atoms with Crippen LogP contribution in [-0.2, 0) is 22.5 Å². The van der Waals surface area contributed by atoms with Crippen molar-refractivity contribution in [3.8, 4) is 0 Å². The van der Waals surface area contributed by atoms with Gasteiger partial charge in [-0.05, 0) is 61.5 Å². The van der Waals surface area contributed by atoms with E-state index < -0.39 is 8.41 Å². The van der Waals surface area contributed by atoms with E-state index in [0.29, 0.717) is 19.4 Å². The summed E-state index contributed by atoms with van der Waals surface area (Å²) in [5.41, 5.74) is 3.76. The zero-order valence-electron chi connectivity index (χ0n) is 23.0. The van der Waals surface area contributed by atoms with Gasteiger partial charge >= 0.3 is 0 Å². The molecule has 2 aliphatic rings. The lowest BCUT2D eigenvalue weighted by Crippen LogP contribution is -2.43. The van der Waals surface area contributed by atoms with Crippen LogP contribution in [0.5, 0.6) is 0 Å². The molecule has 3 heterocycles. The molecular weight excluding hydrogens is 511 g/mol. The molecule has 5 atom stereocenters. The quantitative estimate of drug-likeness (QED) is 0.204. The molecule has 9 heteroatoms. The number of carbonyl (C=O) groups excluding carboxylic acids is 1. The molecule has 39 heavy (non-hydrogen) atoms. The number of hydrogen-bond acceptors (Lipinski definition) is 5. The summed E-state index contributed by atoms with van der Waals surface area (Å²) in [5, 5.41) is 18.6. The van der Waals surface area contributed by atoms with Crippen molar-refractivity contribution in [2.24, 2.45) is 5.92 Å². The number of aryl methyl sites for hydroxylation is 2. The molecule has 2 aliphatic heterocycles. The first kappa shape index (κ1) is 27.7. The third-order valence-electron chi connectivity index (χ3n) is 8.43. The monoisotopic (exact) mass is 550 g/mol. The van der Waals surface area contributed by atoms with Crippen molar-refractivity contribution in [3.05, 3.63) is 77.6 Å². The minimum absolute atomic E-state index is 0.0139. The van der Waals surface area contributed by atoms with Gasteiger partial charge in [0, 0.05) is 36.9 Å². The van der Waals surface area contributed by atoms with E-state index in [2.05, 4.69) is 29.4 Å². The predicted molar refractivity (Wildman–Crippen MR) is 152 cm³/mol. The summed E-state index contributed by atoms with van der Waals surface area (Å²) >= 11 is 0. The number of halogens is 1. The molecule has 2 fully saturated rings. The molecule has 1 N–H and O–H groups in total. The van der Waals surface area contributed by atoms with E-state index in [9.17, 15) is 9.90 Å². The maximum absolute atomic E-state index is 15.6. The minimum atomic E-state index is -2.98. The number of nitrogens with zero attached hydrogens (tertiary/aromatic N) is 4. The Morgan fingerprint density at radius 1 is 1.13 bits per heavy atom. The van der Waals surface area contributed by atoms with Crippen molar-refractivity contribution >= 4 is 20.0 Å². The van der Waals surface area contributed by atoms with E-state index in [4.69, 9.17) is 4.74 Å². The highest BCUT2D eigenvalue weighted by Gasteiger charge is 2.50. The van der Waals surface area contributed by atoms with Gasteiger partial charge in [-0.3, -0.25) is 9.48 Å². The van der Waals surface area contributed by atoms with Crippen LogP contribution in [0.4, 0.5) is 9.80 Å². The second-order valence-corrected chi connectivity index (χ2v) is 15.3. The Morgan fingerprint density at radius 2 is 1.92 bits per heavy atom. The average Bonchev–Trinajstić information content (AvgIpc) is 3.50. The van der Waals surface area contributed by atoms with Crippen LogP contribution in [0.25, 0.3) is 0 Å². The summed E-state index contributed by atoms with van der Waals surface area (Å²) in [5.74, 6) is 0.0758. The highest BCUT2D eigenvalue weighted by atomic mass is 28.4. The van der Waals surface area contributed by atoms with Gasteiger partial charge < -0.3 is 18.9 Å². The standard InChI is InChI=1S/C30H39FN4O3Si/c1-21-27(13-12-22-8-7-11-24(18-22)35-17-15-29(35)37)38-28(30(21)39(2,3)31)14-16-34-19-26(32-33-34)25(20-36)23-9-5-4-6-10-23/h4-11,18-19,21,25,27-28,30,36H,12-17,20H2,1-3H3/t21-,25?,27+,28-,30+/m1/s1. The van der Waals surface area contributed by atoms with Gasteiger partial charge in [-0.1, -0.05) is 54.6 Å². The first-order valence-electron chi connectivity index (χ1n) is 14.0. The highest BCUT2D eigenvalue weighted by Crippen LogP contribution is 2.47. The number of amides is 1. The maximum Gasteiger partial charge on any atom is 0.246 e. The Bertz CT molecular complexity index is 1260. The Balaban J connectivity index is 1.22. The number of rotatable bonds is 11. The predicted octanol–water partition coefficient (Wildman–Crippen LogP) is 5.11. The number of hydrogen-bond donors (Lipinski definition) is 1. The molecule has 0 radical (unpaired) electrons. The maximum atomic E-state index is 15.6. The normalized spacial score (nSPS) is 24.1. The van der Waals surface area contributed by atoms with Gasteiger partial charge in [0.1, 0.15) is 0 Å². The minimum Gasteiger partial charge on any atom is -0.395 e. The molecule has 1 amide bonds. The third-order valence-corrected chi connectivity index (χ3v) is 10.9. The van der Waals surface area contributed by atoms with E-state index in [1.54, 1.807) is 17.8 Å². The zero-order valence-corrected chi connectivity index (χ0v) is 24.0. The van der Waals surface area contributed by atoms with Crippen molar-refractivity contribution in [2.75, 3.05) is 18.1 Å². The zero-order chi connectivity index (χ0) is 27.6. The van der Waals surface area contributed by atoms with Gasteiger partial charge in [-0.15, -0.1) is 5.10 Å². The molecule has 1 unspecified atom stereocenters. The molecule has 1 aromatic heterocycles. The topological polar surface area (TPSA) is 80.5 Å². The summed E-state index contributed by atoms with van der Waals surface area (Å²) in [7, 11) is -2.98. The second-order valence-electron chi connectivity index (χ2n) is 11.5. The van der Waals surface area contributed by atoms with Crippen LogP contribution in [0.1, 0.15) is 48.9 Å². The fourth-order valence-corrected chi connectivity index (χ4v) is 8.92. The van der Waals surface area contributed by atoms with Crippen molar-refractivity contribution < 1.29 is 18.7 Å². The van der Waals surface area contributed by atoms with E-state index >= 15 is 4.11 Å². The van der Waals surface area contributed by atoms with Crippen molar-refractivity contribution in [1.82, 2.24) is 15.0 Å². The van der Waals surface area contributed by atoms with Gasteiger partial charge in [-0.25, -0.2) is 0 Å². The largest absolute Gasteiger partial charge is 0.395 e. The average molecular weight is 551 g/mol. The van der Waals surface area contributed by atoms with Crippen molar-refractivity contribution in [2.45, 2.75) is 75.9 Å². The molecule has 0 aliphatic carbocycles. The van der Waals surface area contributed by atoms with Gasteiger partial charge in [0.15, 0.2) is 0 Å². The number of aliphatic hydroxyl groups excluding tert-OH is 1. The lowest BCUT2D eigenvalue weighted by atomic mass is 9.95. The number of aliphatic hydroxyl groups is 1. The Labute approximate surface area is 231 Å². The number of β-lactam (4-membered cyclic amide) rings is 1. The fourth-order valence-electron chi connectivity index (χ4n) is 6.32. The van der Waals surface area contributed by atoms with Crippen molar-refractivity contribution in [1.29, 1.82) is 0 Å². The molecule has 0 spiro atoms. The van der Waals surface area contributed by atoms with Crippen LogP contribution in [0.3, 0.4) is 0 Å². The van der Waals surface area contributed by atoms with E-state index in [-0.39, 0.29) is 42.1 Å². The van der Waals surface area contributed by atoms with E-state index in [0.717, 1.165) is 36.3 Å². The van der Waals surface area contributed by atoms with Gasteiger partial charge in [0.05, 0.1) is 30.4 Å². The van der Waals surface area contributed by atoms with Crippen LogP contribution < -0.4 is 4.90 Å². The van der Waals surface area contributed by atoms with Crippen LogP contribution in [0.15, 0.2) is 60.8 Å². The number of benzene rings is 2. The molecule has 2 aromatic carbocycles. The molecule has 3 aromatic rings. The summed E-state index contributed by atoms with van der Waals surface area (Å²) in [6, 6.07) is 18.0. The first-order chi connectivity index (χ1) is 18.7. The highest BCUT2D eigenvalue weighted by molar-refractivity contribution is 6.72. The van der Waals surface area contributed by atoms with Crippen molar-refractivity contribution in [3.63, 3.8) is 0 Å². The van der Waals surface area contributed by atoms with Crippen LogP contribution in [0.2, 0.25) is 18.6 Å². The molecular formula is C30H39FN4O3Si. The van der Waals surface area contributed by atoms with Crippen LogP contribution in [0, 0.1) is 5.92 Å². The molecule has 0 bridgehead atoms. The molecule has 7 nitrogen and oxygen atoms in total. The summed E-state index contributed by atoms with van der Waals surface area (Å²) in [6.07, 6.45) is 4.63. The molecule has 2 saturated heterocycles. The Hall–Kier alpha value is -2.88. The van der Waals surface area contributed by atoms with E-state index in [1.807, 2.05) is 53.6 Å². The first-order valence-corrected chi connectivity index (χ1v) is 17.0. The summed E-state index contributed by atoms with van der Waals surface area (Å²) in [6.45, 7) is 7.04. The Kier molecular flexibility index (Phi) is 8.30. The van der Waals surface area contributed by atoms with E-state index in [1.165, 1.54) is 5.56 Å². The fraction of sp³-hybridized carbons (Fsp3) is 0.500. The lowest BCUT2D eigenvalue weighted by Gasteiger charge is -2.31. The van der Waals surface area contributed by atoms with Gasteiger partial charge in [0.2, 0.25) is 14.3 Å². The van der Waals surface area contributed by atoms with Crippen LogP contribution >= 0.6 is 0 Å². The number of ether oxygens (including phenoxy) is 1. The van der Waals surface area contributed by atoms with Crippen LogP contribution in [-0.4, -0.2) is 59.8 Å². The lowest BCUT2D eigenvalue weighted by molar-refractivity contribution is -0.122. The molecule has 5 rings (SSSR count).